The summed E-state index contributed by atoms with van der Waals surface area (Å²) in [6.45, 7) is 4.87. The summed E-state index contributed by atoms with van der Waals surface area (Å²) in [4.78, 5) is 35.8. The first-order valence-electron chi connectivity index (χ1n) is 10.0. The molecule has 0 radical (unpaired) electrons. The minimum absolute atomic E-state index is 0.0379. The maximum absolute atomic E-state index is 13.5. The predicted octanol–water partition coefficient (Wildman–Crippen LogP) is 3.34. The van der Waals surface area contributed by atoms with Crippen molar-refractivity contribution in [1.82, 2.24) is 19.4 Å². The van der Waals surface area contributed by atoms with Crippen LogP contribution in [0.3, 0.4) is 0 Å². The van der Waals surface area contributed by atoms with E-state index in [1.165, 1.54) is 24.4 Å². The van der Waals surface area contributed by atoms with Crippen LogP contribution in [-0.2, 0) is 11.3 Å². The third-order valence-electron chi connectivity index (χ3n) is 4.97. The highest BCUT2D eigenvalue weighted by atomic mass is 19.1. The molecule has 0 aliphatic carbocycles. The van der Waals surface area contributed by atoms with Gasteiger partial charge in [0.2, 0.25) is 5.95 Å². The second-order valence-corrected chi connectivity index (χ2v) is 7.47. The molecule has 9 heteroatoms. The summed E-state index contributed by atoms with van der Waals surface area (Å²) in [5, 5.41) is 2.73. The number of carbonyl (C=O) groups is 2. The second kappa shape index (κ2) is 9.65. The lowest BCUT2D eigenvalue weighted by molar-refractivity contribution is 0.0754. The molecule has 0 spiro atoms. The Labute approximate surface area is 180 Å². The summed E-state index contributed by atoms with van der Waals surface area (Å²) in [6.07, 6.45) is 2.18. The SMILES string of the molecule is COCCCn1c(NC(=O)c2cccc(F)c2)nc2cc(C(=O)N(C)C(C)C)cnc21. The third-order valence-corrected chi connectivity index (χ3v) is 4.97. The molecule has 0 saturated carbocycles. The van der Waals surface area contributed by atoms with E-state index in [0.717, 1.165) is 6.07 Å². The Bertz CT molecular complexity index is 1100. The van der Waals surface area contributed by atoms with Gasteiger partial charge in [-0.2, -0.15) is 0 Å². The van der Waals surface area contributed by atoms with Gasteiger partial charge < -0.3 is 9.64 Å². The number of rotatable bonds is 8. The van der Waals surface area contributed by atoms with E-state index in [9.17, 15) is 14.0 Å². The Morgan fingerprint density at radius 1 is 1.26 bits per heavy atom. The van der Waals surface area contributed by atoms with E-state index in [1.54, 1.807) is 29.7 Å². The van der Waals surface area contributed by atoms with Crippen LogP contribution in [-0.4, -0.2) is 58.1 Å². The van der Waals surface area contributed by atoms with Crippen molar-refractivity contribution in [2.45, 2.75) is 32.9 Å². The Kier molecular flexibility index (Phi) is 6.96. The molecular formula is C22H26FN5O3. The highest BCUT2D eigenvalue weighted by Gasteiger charge is 2.19. The lowest BCUT2D eigenvalue weighted by Crippen LogP contribution is -2.33. The number of halogens is 1. The lowest BCUT2D eigenvalue weighted by Gasteiger charge is -2.21. The Hall–Kier alpha value is -3.33. The van der Waals surface area contributed by atoms with Crippen LogP contribution in [0.4, 0.5) is 10.3 Å². The lowest BCUT2D eigenvalue weighted by atomic mass is 10.2. The number of aromatic nitrogens is 3. The van der Waals surface area contributed by atoms with Crippen LogP contribution in [0.2, 0.25) is 0 Å². The van der Waals surface area contributed by atoms with Crippen LogP contribution < -0.4 is 5.32 Å². The average Bonchev–Trinajstić information content (AvgIpc) is 3.09. The molecule has 1 N–H and O–H groups in total. The summed E-state index contributed by atoms with van der Waals surface area (Å²) >= 11 is 0. The second-order valence-electron chi connectivity index (χ2n) is 7.47. The quantitative estimate of drug-likeness (QED) is 0.557. The molecule has 1 aromatic carbocycles. The number of anilines is 1. The first-order valence-corrected chi connectivity index (χ1v) is 10.0. The topological polar surface area (TPSA) is 89.3 Å². The molecule has 2 aromatic heterocycles. The largest absolute Gasteiger partial charge is 0.385 e. The molecule has 0 unspecified atom stereocenters. The molecule has 0 aliphatic heterocycles. The van der Waals surface area contributed by atoms with Crippen molar-refractivity contribution in [1.29, 1.82) is 0 Å². The molecule has 8 nitrogen and oxygen atoms in total. The maximum Gasteiger partial charge on any atom is 0.258 e. The standard InChI is InChI=1S/C22H26FN5O3/c1-14(2)27(3)21(30)16-12-18-19(24-13-16)28(9-6-10-31-4)22(25-18)26-20(29)15-7-5-8-17(23)11-15/h5,7-8,11-14H,6,9-10H2,1-4H3,(H,25,26,29). The predicted molar refractivity (Wildman–Crippen MR) is 116 cm³/mol. The average molecular weight is 427 g/mol. The number of benzene rings is 1. The van der Waals surface area contributed by atoms with E-state index in [4.69, 9.17) is 4.74 Å². The van der Waals surface area contributed by atoms with E-state index >= 15 is 0 Å². The van der Waals surface area contributed by atoms with Gasteiger partial charge in [-0.05, 0) is 44.5 Å². The van der Waals surface area contributed by atoms with E-state index in [2.05, 4.69) is 15.3 Å². The van der Waals surface area contributed by atoms with Crippen molar-refractivity contribution < 1.29 is 18.7 Å². The monoisotopic (exact) mass is 427 g/mol. The van der Waals surface area contributed by atoms with Crippen LogP contribution >= 0.6 is 0 Å². The first-order chi connectivity index (χ1) is 14.8. The number of hydrogen-bond acceptors (Lipinski definition) is 5. The number of pyridine rings is 1. The number of amides is 2. The molecule has 3 rings (SSSR count). The maximum atomic E-state index is 13.5. The van der Waals surface area contributed by atoms with Gasteiger partial charge in [-0.15, -0.1) is 0 Å². The fourth-order valence-electron chi connectivity index (χ4n) is 3.04. The molecule has 0 atom stereocenters. The number of carbonyl (C=O) groups excluding carboxylic acids is 2. The van der Waals surface area contributed by atoms with Crippen LogP contribution in [0.15, 0.2) is 36.5 Å². The summed E-state index contributed by atoms with van der Waals surface area (Å²) in [7, 11) is 3.34. The van der Waals surface area contributed by atoms with Crippen LogP contribution in [0.25, 0.3) is 11.2 Å². The zero-order valence-corrected chi connectivity index (χ0v) is 18.1. The Balaban J connectivity index is 1.97. The van der Waals surface area contributed by atoms with E-state index in [-0.39, 0.29) is 23.5 Å². The zero-order chi connectivity index (χ0) is 22.5. The van der Waals surface area contributed by atoms with E-state index in [0.29, 0.717) is 36.3 Å². The fraction of sp³-hybridized carbons (Fsp3) is 0.364. The highest BCUT2D eigenvalue weighted by Crippen LogP contribution is 2.21. The number of hydrogen-bond donors (Lipinski definition) is 1. The minimum Gasteiger partial charge on any atom is -0.385 e. The van der Waals surface area contributed by atoms with Crippen molar-refractivity contribution in [2.24, 2.45) is 0 Å². The highest BCUT2D eigenvalue weighted by molar-refractivity contribution is 6.04. The number of nitrogens with zero attached hydrogens (tertiary/aromatic N) is 4. The number of nitrogens with one attached hydrogen (secondary N) is 1. The van der Waals surface area contributed by atoms with Crippen molar-refractivity contribution in [3.05, 3.63) is 53.5 Å². The number of ether oxygens (including phenoxy) is 1. The molecule has 0 aliphatic rings. The Morgan fingerprint density at radius 2 is 2.03 bits per heavy atom. The van der Waals surface area contributed by atoms with Gasteiger partial charge >= 0.3 is 0 Å². The number of fused-ring (bicyclic) bond motifs is 1. The Morgan fingerprint density at radius 3 is 2.71 bits per heavy atom. The van der Waals surface area contributed by atoms with E-state index < -0.39 is 11.7 Å². The summed E-state index contributed by atoms with van der Waals surface area (Å²) in [5.74, 6) is -0.877. The van der Waals surface area contributed by atoms with Crippen molar-refractivity contribution in [3.63, 3.8) is 0 Å². The molecule has 2 amide bonds. The fourth-order valence-corrected chi connectivity index (χ4v) is 3.04. The molecule has 2 heterocycles. The number of imidazole rings is 1. The third kappa shape index (κ3) is 5.05. The summed E-state index contributed by atoms with van der Waals surface area (Å²) in [6, 6.07) is 7.12. The number of aryl methyl sites for hydroxylation is 1. The van der Waals surface area contributed by atoms with Crippen LogP contribution in [0, 0.1) is 5.82 Å². The normalized spacial score (nSPS) is 11.2. The molecule has 3 aromatic rings. The molecule has 0 bridgehead atoms. The van der Waals surface area contributed by atoms with Gasteiger partial charge in [0.05, 0.1) is 5.56 Å². The van der Waals surface area contributed by atoms with Crippen molar-refractivity contribution in [3.8, 4) is 0 Å². The summed E-state index contributed by atoms with van der Waals surface area (Å²) in [5.41, 5.74) is 1.61. The van der Waals surface area contributed by atoms with Gasteiger partial charge in [0.15, 0.2) is 5.65 Å². The van der Waals surface area contributed by atoms with Crippen LogP contribution in [0.5, 0.6) is 0 Å². The molecule has 0 saturated heterocycles. The van der Waals surface area contributed by atoms with Crippen LogP contribution in [0.1, 0.15) is 41.0 Å². The van der Waals surface area contributed by atoms with Gasteiger partial charge in [0.1, 0.15) is 11.3 Å². The number of methoxy groups -OCH3 is 1. The van der Waals surface area contributed by atoms with Gasteiger partial charge in [-0.25, -0.2) is 14.4 Å². The molecule has 31 heavy (non-hydrogen) atoms. The molecule has 164 valence electrons. The smallest absolute Gasteiger partial charge is 0.258 e. The summed E-state index contributed by atoms with van der Waals surface area (Å²) < 4.78 is 20.4. The van der Waals surface area contributed by atoms with Crippen molar-refractivity contribution in [2.75, 3.05) is 26.1 Å². The van der Waals surface area contributed by atoms with Gasteiger partial charge in [0, 0.05) is 45.1 Å². The minimum atomic E-state index is -0.500. The van der Waals surface area contributed by atoms with Gasteiger partial charge in [-0.1, -0.05) is 6.07 Å². The molecular weight excluding hydrogens is 401 g/mol. The van der Waals surface area contributed by atoms with Gasteiger partial charge in [0.25, 0.3) is 11.8 Å². The molecule has 0 fully saturated rings. The first kappa shape index (κ1) is 22.4. The van der Waals surface area contributed by atoms with Crippen molar-refractivity contribution >= 4 is 28.9 Å². The zero-order valence-electron chi connectivity index (χ0n) is 18.1. The van der Waals surface area contributed by atoms with E-state index in [1.807, 2.05) is 13.8 Å². The van der Waals surface area contributed by atoms with Gasteiger partial charge in [-0.3, -0.25) is 19.5 Å².